The summed E-state index contributed by atoms with van der Waals surface area (Å²) < 4.78 is 11.0. The van der Waals surface area contributed by atoms with Crippen LogP contribution in [0.1, 0.15) is 57.8 Å². The molecule has 5 heteroatoms. The second-order valence-electron chi connectivity index (χ2n) is 7.43. The van der Waals surface area contributed by atoms with E-state index in [0.29, 0.717) is 18.3 Å². The van der Waals surface area contributed by atoms with Gasteiger partial charge < -0.3 is 14.8 Å². The number of esters is 1. The van der Waals surface area contributed by atoms with Crippen LogP contribution in [0.5, 0.6) is 0 Å². The predicted molar refractivity (Wildman–Crippen MR) is 90.3 cm³/mol. The first-order chi connectivity index (χ1) is 11.7. The van der Waals surface area contributed by atoms with Crippen LogP contribution in [0.3, 0.4) is 0 Å². The molecule has 5 atom stereocenters. The standard InChI is InChI=1S/C19H29NO4/c1-23-16-5-3-2-4-13(16)7-10-18(21)20-15-9-6-14-8-11-19(22)24-17(14)12-15/h7,10,13-17H,2-6,8-9,11-12H2,1H3,(H,20,21)/b10-7+. The molecule has 2 saturated carbocycles. The van der Waals surface area contributed by atoms with Gasteiger partial charge in [-0.1, -0.05) is 18.9 Å². The Kier molecular flexibility index (Phi) is 5.93. The lowest BCUT2D eigenvalue weighted by Gasteiger charge is -2.38. The summed E-state index contributed by atoms with van der Waals surface area (Å²) in [4.78, 5) is 23.7. The van der Waals surface area contributed by atoms with E-state index in [9.17, 15) is 9.59 Å². The maximum absolute atomic E-state index is 12.2. The average Bonchev–Trinajstić information content (AvgIpc) is 2.60. The number of carbonyl (C=O) groups excluding carboxylic acids is 2. The summed E-state index contributed by atoms with van der Waals surface area (Å²) in [5.41, 5.74) is 0. The Balaban J connectivity index is 1.48. The second-order valence-corrected chi connectivity index (χ2v) is 7.43. The summed E-state index contributed by atoms with van der Waals surface area (Å²) >= 11 is 0. The zero-order valence-corrected chi connectivity index (χ0v) is 14.5. The molecule has 3 aliphatic rings. The number of methoxy groups -OCH3 is 1. The molecule has 134 valence electrons. The van der Waals surface area contributed by atoms with Crippen molar-refractivity contribution in [1.29, 1.82) is 0 Å². The Morgan fingerprint density at radius 3 is 2.88 bits per heavy atom. The molecule has 0 spiro atoms. The van der Waals surface area contributed by atoms with Gasteiger partial charge in [-0.15, -0.1) is 0 Å². The number of amides is 1. The van der Waals surface area contributed by atoms with Crippen molar-refractivity contribution in [3.8, 4) is 0 Å². The molecule has 1 heterocycles. The number of fused-ring (bicyclic) bond motifs is 1. The molecule has 1 N–H and O–H groups in total. The Morgan fingerprint density at radius 1 is 1.21 bits per heavy atom. The van der Waals surface area contributed by atoms with Crippen molar-refractivity contribution in [1.82, 2.24) is 5.32 Å². The fourth-order valence-corrected chi connectivity index (χ4v) is 4.43. The van der Waals surface area contributed by atoms with Gasteiger partial charge in [-0.3, -0.25) is 9.59 Å². The first kappa shape index (κ1) is 17.5. The van der Waals surface area contributed by atoms with Crippen molar-refractivity contribution in [3.05, 3.63) is 12.2 Å². The molecule has 0 aromatic rings. The molecule has 1 amide bonds. The lowest BCUT2D eigenvalue weighted by Crippen LogP contribution is -2.45. The average molecular weight is 335 g/mol. The zero-order chi connectivity index (χ0) is 16.9. The maximum atomic E-state index is 12.2. The van der Waals surface area contributed by atoms with Crippen molar-refractivity contribution in [2.24, 2.45) is 11.8 Å². The van der Waals surface area contributed by atoms with Crippen molar-refractivity contribution in [2.75, 3.05) is 7.11 Å². The monoisotopic (exact) mass is 335 g/mol. The zero-order valence-electron chi connectivity index (χ0n) is 14.5. The van der Waals surface area contributed by atoms with Gasteiger partial charge in [-0.2, -0.15) is 0 Å². The van der Waals surface area contributed by atoms with Crippen LogP contribution < -0.4 is 5.32 Å². The molecule has 2 aliphatic carbocycles. The molecule has 0 aromatic carbocycles. The lowest BCUT2D eigenvalue weighted by atomic mass is 9.79. The topological polar surface area (TPSA) is 64.6 Å². The van der Waals surface area contributed by atoms with E-state index in [1.54, 1.807) is 13.2 Å². The third-order valence-corrected chi connectivity index (χ3v) is 5.83. The Morgan fingerprint density at radius 2 is 2.04 bits per heavy atom. The Bertz CT molecular complexity index is 490. The smallest absolute Gasteiger partial charge is 0.306 e. The van der Waals surface area contributed by atoms with E-state index in [0.717, 1.165) is 38.5 Å². The summed E-state index contributed by atoms with van der Waals surface area (Å²) in [5, 5.41) is 3.08. The van der Waals surface area contributed by atoms with Gasteiger partial charge in [0.15, 0.2) is 0 Å². The highest BCUT2D eigenvalue weighted by Crippen LogP contribution is 2.34. The molecule has 0 radical (unpaired) electrons. The van der Waals surface area contributed by atoms with Gasteiger partial charge in [-0.25, -0.2) is 0 Å². The number of nitrogens with one attached hydrogen (secondary N) is 1. The van der Waals surface area contributed by atoms with Crippen LogP contribution in [0.2, 0.25) is 0 Å². The van der Waals surface area contributed by atoms with E-state index >= 15 is 0 Å². The summed E-state index contributed by atoms with van der Waals surface area (Å²) in [5.74, 6) is 0.688. The molecular weight excluding hydrogens is 306 g/mol. The number of hydrogen-bond donors (Lipinski definition) is 1. The van der Waals surface area contributed by atoms with Gasteiger partial charge in [0, 0.05) is 31.9 Å². The van der Waals surface area contributed by atoms with E-state index in [-0.39, 0.29) is 30.1 Å². The van der Waals surface area contributed by atoms with Crippen LogP contribution >= 0.6 is 0 Å². The maximum Gasteiger partial charge on any atom is 0.306 e. The molecule has 5 nitrogen and oxygen atoms in total. The molecule has 1 aliphatic heterocycles. The molecule has 3 rings (SSSR count). The molecule has 1 saturated heterocycles. The summed E-state index contributed by atoms with van der Waals surface area (Å²) in [7, 11) is 1.75. The fraction of sp³-hybridized carbons (Fsp3) is 0.789. The highest BCUT2D eigenvalue weighted by atomic mass is 16.5. The highest BCUT2D eigenvalue weighted by Gasteiger charge is 2.36. The number of ether oxygens (including phenoxy) is 2. The van der Waals surface area contributed by atoms with Crippen molar-refractivity contribution in [2.45, 2.75) is 76.0 Å². The quantitative estimate of drug-likeness (QED) is 0.634. The van der Waals surface area contributed by atoms with Gasteiger partial charge in [0.25, 0.3) is 0 Å². The first-order valence-corrected chi connectivity index (χ1v) is 9.36. The van der Waals surface area contributed by atoms with Crippen molar-refractivity contribution in [3.63, 3.8) is 0 Å². The number of hydrogen-bond acceptors (Lipinski definition) is 4. The van der Waals surface area contributed by atoms with E-state index in [4.69, 9.17) is 9.47 Å². The summed E-state index contributed by atoms with van der Waals surface area (Å²) in [6.45, 7) is 0. The fourth-order valence-electron chi connectivity index (χ4n) is 4.43. The number of rotatable bonds is 4. The van der Waals surface area contributed by atoms with Crippen LogP contribution in [-0.2, 0) is 19.1 Å². The van der Waals surface area contributed by atoms with Crippen LogP contribution in [0, 0.1) is 11.8 Å². The van der Waals surface area contributed by atoms with Gasteiger partial charge in [0.2, 0.25) is 5.91 Å². The molecule has 3 fully saturated rings. The Labute approximate surface area is 144 Å². The third-order valence-electron chi connectivity index (χ3n) is 5.83. The molecule has 0 aromatic heterocycles. The largest absolute Gasteiger partial charge is 0.462 e. The molecule has 5 unspecified atom stereocenters. The van der Waals surface area contributed by atoms with Gasteiger partial charge in [0.1, 0.15) is 6.10 Å². The predicted octanol–water partition coefficient (Wildman–Crippen LogP) is 2.74. The van der Waals surface area contributed by atoms with E-state index in [1.807, 2.05) is 6.08 Å². The van der Waals surface area contributed by atoms with E-state index < -0.39 is 0 Å². The first-order valence-electron chi connectivity index (χ1n) is 9.36. The van der Waals surface area contributed by atoms with Crippen LogP contribution in [0.25, 0.3) is 0 Å². The minimum absolute atomic E-state index is 0.00880. The second kappa shape index (κ2) is 8.15. The highest BCUT2D eigenvalue weighted by molar-refractivity contribution is 5.87. The van der Waals surface area contributed by atoms with E-state index in [1.165, 1.54) is 12.8 Å². The normalized spacial score (nSPS) is 36.9. The minimum atomic E-state index is -0.0916. The molecule has 24 heavy (non-hydrogen) atoms. The summed E-state index contributed by atoms with van der Waals surface area (Å²) in [6.07, 6.45) is 12.7. The third kappa shape index (κ3) is 4.38. The van der Waals surface area contributed by atoms with Gasteiger partial charge in [-0.05, 0) is 44.1 Å². The SMILES string of the molecule is COC1CCCCC1/C=C/C(=O)NC1CCC2CCC(=O)OC2C1. The molecular formula is C19H29NO4. The van der Waals surface area contributed by atoms with Gasteiger partial charge in [0.05, 0.1) is 6.10 Å². The summed E-state index contributed by atoms with van der Waals surface area (Å²) in [6, 6.07) is 0.110. The van der Waals surface area contributed by atoms with Crippen LogP contribution in [-0.4, -0.2) is 37.2 Å². The number of carbonyl (C=O) groups is 2. The lowest BCUT2D eigenvalue weighted by molar-refractivity contribution is -0.161. The van der Waals surface area contributed by atoms with Crippen molar-refractivity contribution < 1.29 is 19.1 Å². The Hall–Kier alpha value is -1.36. The molecule has 0 bridgehead atoms. The van der Waals surface area contributed by atoms with Crippen LogP contribution in [0.4, 0.5) is 0 Å². The van der Waals surface area contributed by atoms with E-state index in [2.05, 4.69) is 5.32 Å². The van der Waals surface area contributed by atoms with Crippen LogP contribution in [0.15, 0.2) is 12.2 Å². The van der Waals surface area contributed by atoms with Gasteiger partial charge >= 0.3 is 5.97 Å². The minimum Gasteiger partial charge on any atom is -0.462 e. The van der Waals surface area contributed by atoms with Crippen molar-refractivity contribution >= 4 is 11.9 Å².